The minimum atomic E-state index is -1.88. The highest BCUT2D eigenvalue weighted by atomic mass is 28.3. The average molecular weight is 834 g/mol. The lowest BCUT2D eigenvalue weighted by atomic mass is 9.87. The van der Waals surface area contributed by atoms with Gasteiger partial charge in [-0.1, -0.05) is 149 Å². The summed E-state index contributed by atoms with van der Waals surface area (Å²) in [6.45, 7) is 16.9. The summed E-state index contributed by atoms with van der Waals surface area (Å²) in [4.78, 5) is 0. The van der Waals surface area contributed by atoms with Crippen LogP contribution in [0.5, 0.6) is 0 Å². The van der Waals surface area contributed by atoms with E-state index in [1.54, 1.807) is 0 Å². The van der Waals surface area contributed by atoms with E-state index in [-0.39, 0.29) is 5.41 Å². The molecule has 2 aliphatic heterocycles. The van der Waals surface area contributed by atoms with Crippen molar-refractivity contribution in [3.05, 3.63) is 192 Å². The summed E-state index contributed by atoms with van der Waals surface area (Å²) in [6.07, 6.45) is 3.60. The van der Waals surface area contributed by atoms with Gasteiger partial charge in [0, 0.05) is 27.6 Å². The van der Waals surface area contributed by atoms with Gasteiger partial charge in [0.25, 0.3) is 0 Å². The molecule has 306 valence electrons. The standard InChI is InChI=1S/C58H51N3OSi/c1-37-26-28-44-47(32-37)58(59-36-53(63(5,6)7)41(34-51(44)59)35-57(2,3)4)46-30-29-43-42-22-14-17-25-52(42)62-55(43)54(46)56-60(49-23-15-16-24-50(49)61(56)58)48-31-27-40(38-18-10-8-11-19-38)33-45(48)39-20-12-9-13-21-39/h8-34,36H,35H2,1-7H3/q+2. The molecule has 12 rings (SSSR count). The first-order valence-corrected chi connectivity index (χ1v) is 25.9. The highest BCUT2D eigenvalue weighted by molar-refractivity contribution is 6.89. The summed E-state index contributed by atoms with van der Waals surface area (Å²) in [5, 5.41) is 3.77. The van der Waals surface area contributed by atoms with Crippen LogP contribution in [-0.2, 0) is 12.1 Å². The molecule has 10 aromatic rings. The number of hydrogen-bond donors (Lipinski definition) is 0. The molecule has 5 heterocycles. The van der Waals surface area contributed by atoms with Crippen LogP contribution in [0.2, 0.25) is 19.6 Å². The number of rotatable bonds is 5. The second-order valence-electron chi connectivity index (χ2n) is 20.1. The number of fused-ring (bicyclic) bond motifs is 16. The van der Waals surface area contributed by atoms with Crippen LogP contribution >= 0.6 is 0 Å². The number of aromatic nitrogens is 3. The van der Waals surface area contributed by atoms with Crippen LogP contribution in [0.15, 0.2) is 174 Å². The minimum Gasteiger partial charge on any atom is -0.455 e. The van der Waals surface area contributed by atoms with Crippen LogP contribution in [0.4, 0.5) is 0 Å². The Hall–Kier alpha value is -6.82. The number of imidazole rings is 1. The van der Waals surface area contributed by atoms with Crippen molar-refractivity contribution >= 4 is 46.2 Å². The number of benzene rings is 7. The third-order valence-corrected chi connectivity index (χ3v) is 15.6. The third-order valence-electron chi connectivity index (χ3n) is 13.6. The molecule has 0 radical (unpaired) electrons. The first-order chi connectivity index (χ1) is 30.4. The van der Waals surface area contributed by atoms with Gasteiger partial charge in [0.2, 0.25) is 5.69 Å². The van der Waals surface area contributed by atoms with Crippen LogP contribution in [0.1, 0.15) is 43.0 Å². The number of nitrogens with zero attached hydrogens (tertiary/aromatic N) is 3. The van der Waals surface area contributed by atoms with Gasteiger partial charge in [-0.25, -0.2) is 0 Å². The van der Waals surface area contributed by atoms with Gasteiger partial charge < -0.3 is 4.42 Å². The zero-order chi connectivity index (χ0) is 43.0. The van der Waals surface area contributed by atoms with Crippen molar-refractivity contribution in [3.8, 4) is 50.6 Å². The molecule has 0 aliphatic carbocycles. The molecule has 0 amide bonds. The predicted molar refractivity (Wildman–Crippen MR) is 262 cm³/mol. The van der Waals surface area contributed by atoms with Gasteiger partial charge >= 0.3 is 11.5 Å². The van der Waals surface area contributed by atoms with Gasteiger partial charge in [-0.05, 0) is 95.6 Å². The van der Waals surface area contributed by atoms with Crippen molar-refractivity contribution in [2.24, 2.45) is 5.41 Å². The van der Waals surface area contributed by atoms with Crippen molar-refractivity contribution in [3.63, 3.8) is 0 Å². The molecular weight excluding hydrogens is 783 g/mol. The first-order valence-electron chi connectivity index (χ1n) is 22.4. The van der Waals surface area contributed by atoms with Gasteiger partial charge in [-0.2, -0.15) is 4.57 Å². The van der Waals surface area contributed by atoms with Crippen molar-refractivity contribution in [1.29, 1.82) is 0 Å². The molecule has 4 nitrogen and oxygen atoms in total. The Labute approximate surface area is 370 Å². The molecule has 7 aromatic carbocycles. The van der Waals surface area contributed by atoms with Gasteiger partial charge in [0.1, 0.15) is 16.8 Å². The fourth-order valence-corrected chi connectivity index (χ4v) is 12.7. The SMILES string of the molecule is Cc1ccc2c(c1)C1(c3ccc4c(oc5ccccc54)c3-c3n(-c4ccc(-c5ccccc5)cc4-c4ccccc4)c4ccccc4[n+]31)[n+]1cc([Si](C)(C)C)c(CC(C)(C)C)cc1-2. The molecule has 3 aromatic heterocycles. The Morgan fingerprint density at radius 1 is 0.635 bits per heavy atom. The third kappa shape index (κ3) is 5.45. The Morgan fingerprint density at radius 2 is 1.35 bits per heavy atom. The van der Waals surface area contributed by atoms with Crippen LogP contribution in [0.3, 0.4) is 0 Å². The number of para-hydroxylation sites is 3. The van der Waals surface area contributed by atoms with Crippen molar-refractivity contribution in [2.75, 3.05) is 0 Å². The highest BCUT2D eigenvalue weighted by Gasteiger charge is 2.67. The fourth-order valence-electron chi connectivity index (χ4n) is 11.0. The van der Waals surface area contributed by atoms with Crippen LogP contribution < -0.4 is 14.3 Å². The van der Waals surface area contributed by atoms with E-state index in [0.717, 1.165) is 51.0 Å². The zero-order valence-electron chi connectivity index (χ0n) is 37.1. The van der Waals surface area contributed by atoms with E-state index in [1.807, 2.05) is 0 Å². The molecule has 63 heavy (non-hydrogen) atoms. The molecule has 2 aliphatic rings. The molecule has 0 saturated heterocycles. The normalized spacial score (nSPS) is 15.3. The molecule has 1 unspecified atom stereocenters. The highest BCUT2D eigenvalue weighted by Crippen LogP contribution is 2.53. The number of furan rings is 1. The summed E-state index contributed by atoms with van der Waals surface area (Å²) in [6, 6.07) is 60.7. The summed E-state index contributed by atoms with van der Waals surface area (Å²) >= 11 is 0. The van der Waals surface area contributed by atoms with E-state index < -0.39 is 13.7 Å². The Bertz CT molecular complexity index is 3510. The Morgan fingerprint density at radius 3 is 2.11 bits per heavy atom. The molecular formula is C58H51N3OSi+2. The number of hydrogen-bond acceptors (Lipinski definition) is 1. The van der Waals surface area contributed by atoms with Crippen LogP contribution in [0.25, 0.3) is 83.6 Å². The zero-order valence-corrected chi connectivity index (χ0v) is 38.1. The second kappa shape index (κ2) is 13.3. The van der Waals surface area contributed by atoms with Crippen molar-refractivity contribution in [1.82, 2.24) is 4.57 Å². The summed E-state index contributed by atoms with van der Waals surface area (Å²) in [7, 11) is -1.88. The lowest BCUT2D eigenvalue weighted by Crippen LogP contribution is -2.72. The Kier molecular flexibility index (Phi) is 8.03. The lowest BCUT2D eigenvalue weighted by Gasteiger charge is -2.26. The number of aryl methyl sites for hydroxylation is 1. The van der Waals surface area contributed by atoms with E-state index in [4.69, 9.17) is 4.42 Å². The average Bonchev–Trinajstić information content (AvgIpc) is 3.99. The maximum Gasteiger partial charge on any atom is 0.364 e. The molecule has 0 N–H and O–H groups in total. The summed E-state index contributed by atoms with van der Waals surface area (Å²) in [5.74, 6) is 1.11. The molecule has 0 bridgehead atoms. The topological polar surface area (TPSA) is 25.8 Å². The van der Waals surface area contributed by atoms with Crippen molar-refractivity contribution in [2.45, 2.75) is 59.4 Å². The van der Waals surface area contributed by atoms with E-state index >= 15 is 0 Å². The van der Waals surface area contributed by atoms with E-state index in [9.17, 15) is 0 Å². The van der Waals surface area contributed by atoms with Crippen LogP contribution in [0, 0.1) is 12.3 Å². The smallest absolute Gasteiger partial charge is 0.364 e. The Balaban J connectivity index is 1.29. The molecule has 0 fully saturated rings. The maximum absolute atomic E-state index is 7.16. The predicted octanol–water partition coefficient (Wildman–Crippen LogP) is 13.1. The molecule has 5 heteroatoms. The van der Waals surface area contributed by atoms with Gasteiger partial charge in [-0.3, -0.25) is 0 Å². The largest absolute Gasteiger partial charge is 0.455 e. The van der Waals surface area contributed by atoms with Gasteiger partial charge in [0.15, 0.2) is 22.8 Å². The van der Waals surface area contributed by atoms with Gasteiger partial charge in [-0.15, -0.1) is 9.13 Å². The summed E-state index contributed by atoms with van der Waals surface area (Å²) in [5.41, 5.74) is 18.3. The quantitative estimate of drug-likeness (QED) is 0.125. The van der Waals surface area contributed by atoms with E-state index in [1.165, 1.54) is 66.5 Å². The van der Waals surface area contributed by atoms with Crippen LogP contribution in [-0.4, -0.2) is 12.6 Å². The molecule has 1 atom stereocenters. The lowest BCUT2D eigenvalue weighted by molar-refractivity contribution is -0.944. The second-order valence-corrected chi connectivity index (χ2v) is 25.1. The van der Waals surface area contributed by atoms with Crippen molar-refractivity contribution < 1.29 is 13.6 Å². The number of pyridine rings is 1. The minimum absolute atomic E-state index is 0.133. The maximum atomic E-state index is 7.16. The molecule has 0 saturated carbocycles. The van der Waals surface area contributed by atoms with E-state index in [0.29, 0.717) is 0 Å². The first kappa shape index (κ1) is 37.9. The monoisotopic (exact) mass is 833 g/mol. The summed E-state index contributed by atoms with van der Waals surface area (Å²) < 4.78 is 15.1. The fraction of sp³-hybridized carbons (Fsp3) is 0.172. The van der Waals surface area contributed by atoms with E-state index in [2.05, 4.69) is 231 Å². The molecule has 1 spiro atoms. The van der Waals surface area contributed by atoms with Gasteiger partial charge in [0.05, 0.1) is 24.8 Å².